The second-order valence-corrected chi connectivity index (χ2v) is 4.99. The van der Waals surface area contributed by atoms with Crippen molar-refractivity contribution in [2.24, 2.45) is 11.5 Å². The summed E-state index contributed by atoms with van der Waals surface area (Å²) in [7, 11) is 2.50. The lowest BCUT2D eigenvalue weighted by molar-refractivity contribution is -0.145. The van der Waals surface area contributed by atoms with E-state index in [1.165, 1.54) is 26.4 Å². The Balaban J connectivity index is 2.68. The first-order valence-corrected chi connectivity index (χ1v) is 6.62. The minimum absolute atomic E-state index is 0.385. The molecule has 6 heteroatoms. The van der Waals surface area contributed by atoms with E-state index in [4.69, 9.17) is 20.9 Å². The number of ether oxygens (including phenoxy) is 2. The van der Waals surface area contributed by atoms with Crippen LogP contribution in [0.4, 0.5) is 0 Å². The Morgan fingerprint density at radius 3 is 1.50 bits per heavy atom. The molecular weight excluding hydrogens is 284 g/mol. The fraction of sp³-hybridized carbons (Fsp3) is 0.250. The van der Waals surface area contributed by atoms with E-state index in [1.54, 1.807) is 36.5 Å². The van der Waals surface area contributed by atoms with Crippen LogP contribution in [0.15, 0.2) is 59.8 Å². The monoisotopic (exact) mass is 302 g/mol. The molecule has 2 aliphatic carbocycles. The molecule has 0 bridgehead atoms. The lowest BCUT2D eigenvalue weighted by Gasteiger charge is -2.34. The third kappa shape index (κ3) is 2.32. The van der Waals surface area contributed by atoms with Crippen molar-refractivity contribution in [3.63, 3.8) is 0 Å². The Labute approximate surface area is 128 Å². The lowest BCUT2D eigenvalue weighted by Crippen LogP contribution is -2.54. The van der Waals surface area contributed by atoms with Crippen LogP contribution in [0.2, 0.25) is 0 Å². The predicted molar refractivity (Wildman–Crippen MR) is 81.5 cm³/mol. The smallest absolute Gasteiger partial charge is 0.334 e. The molecule has 116 valence electrons. The Morgan fingerprint density at radius 2 is 1.18 bits per heavy atom. The zero-order valence-corrected chi connectivity index (χ0v) is 12.4. The number of carbonyl (C=O) groups excluding carboxylic acids is 2. The van der Waals surface area contributed by atoms with Gasteiger partial charge in [-0.05, 0) is 23.3 Å². The Hall–Kier alpha value is -2.44. The Bertz CT molecular complexity index is 601. The van der Waals surface area contributed by atoms with Crippen LogP contribution in [-0.4, -0.2) is 37.2 Å². The van der Waals surface area contributed by atoms with Gasteiger partial charge in [0.2, 0.25) is 0 Å². The van der Waals surface area contributed by atoms with Crippen molar-refractivity contribution in [1.29, 1.82) is 0 Å². The van der Waals surface area contributed by atoms with E-state index in [0.29, 0.717) is 11.1 Å². The molecule has 0 aromatic heterocycles. The molecule has 0 amide bonds. The topological polar surface area (TPSA) is 105 Å². The van der Waals surface area contributed by atoms with Crippen molar-refractivity contribution < 1.29 is 19.1 Å². The van der Waals surface area contributed by atoms with Crippen LogP contribution in [0.25, 0.3) is 0 Å². The molecule has 2 unspecified atom stereocenters. The van der Waals surface area contributed by atoms with Crippen LogP contribution in [0, 0.1) is 0 Å². The maximum atomic E-state index is 12.1. The number of rotatable bonds is 2. The van der Waals surface area contributed by atoms with E-state index in [2.05, 4.69) is 0 Å². The summed E-state index contributed by atoms with van der Waals surface area (Å²) in [6.07, 6.45) is 13.0. The highest BCUT2D eigenvalue weighted by molar-refractivity contribution is 5.94. The third-order valence-corrected chi connectivity index (χ3v) is 3.69. The Morgan fingerprint density at radius 1 is 0.818 bits per heavy atom. The van der Waals surface area contributed by atoms with Crippen LogP contribution < -0.4 is 11.5 Å². The molecule has 6 nitrogen and oxygen atoms in total. The first-order chi connectivity index (χ1) is 10.4. The third-order valence-electron chi connectivity index (χ3n) is 3.69. The molecule has 2 rings (SSSR count). The van der Waals surface area contributed by atoms with E-state index in [1.807, 2.05) is 0 Å². The van der Waals surface area contributed by atoms with E-state index >= 15 is 0 Å². The zero-order chi connectivity index (χ0) is 16.4. The summed E-state index contributed by atoms with van der Waals surface area (Å²) in [4.78, 5) is 24.3. The van der Waals surface area contributed by atoms with Gasteiger partial charge in [0, 0.05) is 0 Å². The van der Waals surface area contributed by atoms with Crippen molar-refractivity contribution in [2.45, 2.75) is 11.1 Å². The van der Waals surface area contributed by atoms with Gasteiger partial charge in [-0.15, -0.1) is 0 Å². The standard InChI is InChI=1S/C16H18N2O4/c1-21-13(19)15(17)9-5-3-7-11(15)12-8-4-6-10-16(12,18)14(20)22-2/h3-10H,17-18H2,1-2H3. The number of hydrogen-bond acceptors (Lipinski definition) is 6. The highest BCUT2D eigenvalue weighted by Gasteiger charge is 2.45. The number of methoxy groups -OCH3 is 2. The molecule has 0 fully saturated rings. The van der Waals surface area contributed by atoms with Crippen molar-refractivity contribution in [1.82, 2.24) is 0 Å². The minimum Gasteiger partial charge on any atom is -0.467 e. The summed E-state index contributed by atoms with van der Waals surface area (Å²) < 4.78 is 9.57. The lowest BCUT2D eigenvalue weighted by atomic mass is 9.75. The van der Waals surface area contributed by atoms with E-state index in [9.17, 15) is 9.59 Å². The molecule has 22 heavy (non-hydrogen) atoms. The molecule has 2 atom stereocenters. The number of nitrogens with two attached hydrogens (primary N) is 2. The maximum Gasteiger partial charge on any atom is 0.334 e. The molecule has 0 radical (unpaired) electrons. The maximum absolute atomic E-state index is 12.1. The van der Waals surface area contributed by atoms with Crippen molar-refractivity contribution in [3.05, 3.63) is 59.8 Å². The fourth-order valence-electron chi connectivity index (χ4n) is 2.49. The summed E-state index contributed by atoms with van der Waals surface area (Å²) in [5.41, 5.74) is 10.2. The average molecular weight is 302 g/mol. The fourth-order valence-corrected chi connectivity index (χ4v) is 2.49. The van der Waals surface area contributed by atoms with E-state index in [0.717, 1.165) is 0 Å². The molecule has 4 N–H and O–H groups in total. The average Bonchev–Trinajstić information content (AvgIpc) is 2.54. The highest BCUT2D eigenvalue weighted by atomic mass is 16.5. The first-order valence-electron chi connectivity index (χ1n) is 6.62. The number of carbonyl (C=O) groups is 2. The molecule has 0 saturated heterocycles. The molecule has 0 spiro atoms. The second kappa shape index (κ2) is 5.75. The second-order valence-electron chi connectivity index (χ2n) is 4.99. The van der Waals surface area contributed by atoms with Crippen LogP contribution in [-0.2, 0) is 19.1 Å². The summed E-state index contributed by atoms with van der Waals surface area (Å²) >= 11 is 0. The van der Waals surface area contributed by atoms with Gasteiger partial charge < -0.3 is 20.9 Å². The van der Waals surface area contributed by atoms with E-state index < -0.39 is 23.0 Å². The van der Waals surface area contributed by atoms with Gasteiger partial charge in [0.15, 0.2) is 11.1 Å². The van der Waals surface area contributed by atoms with Gasteiger partial charge in [-0.1, -0.05) is 36.5 Å². The largest absolute Gasteiger partial charge is 0.467 e. The predicted octanol–water partition coefficient (Wildman–Crippen LogP) is 0.276. The van der Waals surface area contributed by atoms with Crippen molar-refractivity contribution in [3.8, 4) is 0 Å². The SMILES string of the molecule is COC(=O)C1(N)C=CC=CC1=C1C=CC=CC1(N)C(=O)OC. The van der Waals surface area contributed by atoms with Gasteiger partial charge >= 0.3 is 11.9 Å². The molecule has 0 heterocycles. The summed E-state index contributed by atoms with van der Waals surface area (Å²) in [6, 6.07) is 0. The zero-order valence-electron chi connectivity index (χ0n) is 12.4. The van der Waals surface area contributed by atoms with Gasteiger partial charge in [0.1, 0.15) is 0 Å². The molecule has 0 saturated carbocycles. The van der Waals surface area contributed by atoms with E-state index in [-0.39, 0.29) is 0 Å². The van der Waals surface area contributed by atoms with Gasteiger partial charge in [0.25, 0.3) is 0 Å². The van der Waals surface area contributed by atoms with Crippen LogP contribution in [0.1, 0.15) is 0 Å². The molecule has 2 aliphatic rings. The highest BCUT2D eigenvalue weighted by Crippen LogP contribution is 2.34. The van der Waals surface area contributed by atoms with Crippen molar-refractivity contribution in [2.75, 3.05) is 14.2 Å². The van der Waals surface area contributed by atoms with Crippen LogP contribution in [0.3, 0.4) is 0 Å². The van der Waals surface area contributed by atoms with Gasteiger partial charge in [-0.25, -0.2) is 9.59 Å². The Kier molecular flexibility index (Phi) is 4.16. The molecular formula is C16H18N2O4. The van der Waals surface area contributed by atoms with Crippen LogP contribution >= 0.6 is 0 Å². The summed E-state index contributed by atoms with van der Waals surface area (Å²) in [5, 5.41) is 0. The molecule has 0 aliphatic heterocycles. The van der Waals surface area contributed by atoms with Crippen molar-refractivity contribution >= 4 is 11.9 Å². The van der Waals surface area contributed by atoms with Gasteiger partial charge in [0.05, 0.1) is 14.2 Å². The number of allylic oxidation sites excluding steroid dienone is 4. The number of hydrogen-bond donors (Lipinski definition) is 2. The van der Waals surface area contributed by atoms with Gasteiger partial charge in [-0.3, -0.25) is 0 Å². The summed E-state index contributed by atoms with van der Waals surface area (Å²) in [6.45, 7) is 0. The first kappa shape index (κ1) is 15.9. The normalized spacial score (nSPS) is 32.9. The van der Waals surface area contributed by atoms with Gasteiger partial charge in [-0.2, -0.15) is 0 Å². The summed E-state index contributed by atoms with van der Waals surface area (Å²) in [5.74, 6) is -1.29. The molecule has 0 aromatic carbocycles. The molecule has 0 aromatic rings. The number of esters is 2. The van der Waals surface area contributed by atoms with Crippen LogP contribution in [0.5, 0.6) is 0 Å². The quantitative estimate of drug-likeness (QED) is 0.710. The minimum atomic E-state index is -1.52.